The Kier molecular flexibility index (Phi) is 6.06. The minimum Gasteiger partial charge on any atom is -0.378 e. The molecular weight excluding hydrogens is 482 g/mol. The number of aliphatic imine (C=N–C) groups is 1. The molecule has 0 aliphatic carbocycles. The van der Waals surface area contributed by atoms with E-state index >= 15 is 0 Å². The Balaban J connectivity index is 1.71. The van der Waals surface area contributed by atoms with E-state index in [0.717, 1.165) is 12.1 Å². The van der Waals surface area contributed by atoms with Gasteiger partial charge in [-0.25, -0.2) is 0 Å². The average Bonchev–Trinajstić information content (AvgIpc) is 3.22. The fourth-order valence-corrected chi connectivity index (χ4v) is 5.07. The van der Waals surface area contributed by atoms with Crippen LogP contribution in [0, 0.1) is 21.4 Å². The summed E-state index contributed by atoms with van der Waals surface area (Å²) in [4.78, 5) is 26.5. The van der Waals surface area contributed by atoms with Crippen molar-refractivity contribution in [2.75, 3.05) is 0 Å². The Hall–Kier alpha value is -3.84. The number of para-hydroxylation sites is 2. The van der Waals surface area contributed by atoms with Crippen LogP contribution in [-0.2, 0) is 14.9 Å². The van der Waals surface area contributed by atoms with Gasteiger partial charge in [0, 0.05) is 17.5 Å². The predicted molar refractivity (Wildman–Crippen MR) is 127 cm³/mol. The molecule has 0 saturated carbocycles. The first kappa shape index (κ1) is 23.3. The van der Waals surface area contributed by atoms with Crippen LogP contribution in [0.5, 0.6) is 5.75 Å². The summed E-state index contributed by atoms with van der Waals surface area (Å²) in [5.74, 6) is -0.990. The summed E-state index contributed by atoms with van der Waals surface area (Å²) >= 11 is 1.21. The third kappa shape index (κ3) is 4.34. The molecule has 34 heavy (non-hydrogen) atoms. The lowest BCUT2D eigenvalue weighted by molar-refractivity contribution is -0.387. The molecule has 11 nitrogen and oxygen atoms in total. The van der Waals surface area contributed by atoms with Gasteiger partial charge in [0.1, 0.15) is 10.8 Å². The molecule has 0 radical (unpaired) electrons. The second-order valence-electron chi connectivity index (χ2n) is 7.41. The highest BCUT2D eigenvalue weighted by Gasteiger charge is 2.36. The number of nitro groups is 1. The molecule has 2 aromatic carbocycles. The number of amides is 1. The van der Waals surface area contributed by atoms with Gasteiger partial charge in [-0.1, -0.05) is 44.2 Å². The molecule has 4 rings (SSSR count). The number of carbonyl (C=O) groups is 1. The number of amidine groups is 2. The standard InChI is InChI=1S/C21H17N5O6S2/c1-12(2)20-24-25-18(22)14(19(27)23-21(25)33-20)11-13-7-3-5-9-16(13)32-34(30,31)17-10-6-4-8-15(17)26(28)29/h3-12,22H,1-2H3. The van der Waals surface area contributed by atoms with Gasteiger partial charge in [-0.3, -0.25) is 20.3 Å². The van der Waals surface area contributed by atoms with Crippen molar-refractivity contribution in [3.8, 4) is 5.75 Å². The molecule has 174 valence electrons. The van der Waals surface area contributed by atoms with Crippen LogP contribution in [-0.4, -0.2) is 40.3 Å². The lowest BCUT2D eigenvalue weighted by atomic mass is 10.1. The zero-order valence-corrected chi connectivity index (χ0v) is 19.5. The van der Waals surface area contributed by atoms with Crippen LogP contribution in [0.15, 0.2) is 69.1 Å². The zero-order valence-electron chi connectivity index (χ0n) is 17.8. The molecule has 0 atom stereocenters. The summed E-state index contributed by atoms with van der Waals surface area (Å²) in [5, 5.41) is 26.3. The normalized spacial score (nSPS) is 17.0. The highest BCUT2D eigenvalue weighted by Crippen LogP contribution is 2.33. The minimum atomic E-state index is -4.58. The van der Waals surface area contributed by atoms with E-state index in [1.54, 1.807) is 6.07 Å². The maximum atomic E-state index is 12.8. The number of thioether (sulfide) groups is 1. The number of fused-ring (bicyclic) bond motifs is 1. The fourth-order valence-electron chi connectivity index (χ4n) is 3.05. The van der Waals surface area contributed by atoms with E-state index < -0.39 is 31.5 Å². The Morgan fingerprint density at radius 2 is 1.85 bits per heavy atom. The summed E-state index contributed by atoms with van der Waals surface area (Å²) in [6.45, 7) is 3.86. The molecule has 0 fully saturated rings. The van der Waals surface area contributed by atoms with Crippen molar-refractivity contribution < 1.29 is 22.3 Å². The Labute approximate surface area is 198 Å². The van der Waals surface area contributed by atoms with Crippen LogP contribution >= 0.6 is 11.8 Å². The van der Waals surface area contributed by atoms with Gasteiger partial charge >= 0.3 is 10.1 Å². The van der Waals surface area contributed by atoms with Crippen LogP contribution in [0.25, 0.3) is 6.08 Å². The zero-order chi connectivity index (χ0) is 24.6. The van der Waals surface area contributed by atoms with E-state index in [4.69, 9.17) is 9.59 Å². The van der Waals surface area contributed by atoms with Crippen LogP contribution < -0.4 is 4.18 Å². The first-order chi connectivity index (χ1) is 16.1. The summed E-state index contributed by atoms with van der Waals surface area (Å²) in [6.07, 6.45) is 1.28. The summed E-state index contributed by atoms with van der Waals surface area (Å²) < 4.78 is 30.9. The first-order valence-corrected chi connectivity index (χ1v) is 12.1. The molecule has 0 bridgehead atoms. The van der Waals surface area contributed by atoms with Crippen molar-refractivity contribution >= 4 is 55.6 Å². The molecule has 2 aliphatic rings. The SMILES string of the molecule is CC(C)C1=NN2C(=N)C(=Cc3ccccc3OS(=O)(=O)c3ccccc3[N+](=O)[O-])C(=O)N=C2S1. The van der Waals surface area contributed by atoms with E-state index in [9.17, 15) is 23.3 Å². The van der Waals surface area contributed by atoms with Crippen LogP contribution in [0.4, 0.5) is 5.69 Å². The average molecular weight is 500 g/mol. The molecule has 1 N–H and O–H groups in total. The molecule has 1 amide bonds. The van der Waals surface area contributed by atoms with E-state index in [1.807, 2.05) is 13.8 Å². The van der Waals surface area contributed by atoms with Gasteiger partial charge in [0.25, 0.3) is 11.6 Å². The summed E-state index contributed by atoms with van der Waals surface area (Å²) in [6, 6.07) is 10.7. The van der Waals surface area contributed by atoms with Gasteiger partial charge in [0.2, 0.25) is 5.17 Å². The van der Waals surface area contributed by atoms with Crippen molar-refractivity contribution in [1.82, 2.24) is 5.01 Å². The molecular formula is C21H17N5O6S2. The smallest absolute Gasteiger partial charge is 0.346 e. The number of hydrazone groups is 1. The minimum absolute atomic E-state index is 0.0787. The van der Waals surface area contributed by atoms with Gasteiger partial charge in [-0.2, -0.15) is 23.5 Å². The second kappa shape index (κ2) is 8.83. The van der Waals surface area contributed by atoms with Crippen molar-refractivity contribution in [3.63, 3.8) is 0 Å². The van der Waals surface area contributed by atoms with Gasteiger partial charge in [0.15, 0.2) is 10.7 Å². The van der Waals surface area contributed by atoms with Gasteiger partial charge in [-0.15, -0.1) is 0 Å². The lowest BCUT2D eigenvalue weighted by Gasteiger charge is -2.20. The number of nitrogens with zero attached hydrogens (tertiary/aromatic N) is 4. The van der Waals surface area contributed by atoms with E-state index in [2.05, 4.69) is 10.1 Å². The molecule has 2 heterocycles. The molecule has 0 unspecified atom stereocenters. The highest BCUT2D eigenvalue weighted by atomic mass is 32.2. The molecule has 0 saturated heterocycles. The first-order valence-electron chi connectivity index (χ1n) is 9.85. The van der Waals surface area contributed by atoms with E-state index in [-0.39, 0.29) is 33.8 Å². The summed E-state index contributed by atoms with van der Waals surface area (Å²) in [5.41, 5.74) is -0.580. The van der Waals surface area contributed by atoms with Crippen molar-refractivity contribution in [2.24, 2.45) is 16.0 Å². The van der Waals surface area contributed by atoms with Gasteiger partial charge in [-0.05, 0) is 30.0 Å². The topological polar surface area (TPSA) is 155 Å². The summed E-state index contributed by atoms with van der Waals surface area (Å²) in [7, 11) is -4.58. The number of carbonyl (C=O) groups excluding carboxylic acids is 1. The third-order valence-corrected chi connectivity index (χ3v) is 7.21. The third-order valence-electron chi connectivity index (χ3n) is 4.71. The molecule has 2 aliphatic heterocycles. The number of nitrogens with one attached hydrogen (secondary N) is 1. The van der Waals surface area contributed by atoms with Crippen molar-refractivity contribution in [3.05, 3.63) is 69.8 Å². The maximum absolute atomic E-state index is 12.8. The van der Waals surface area contributed by atoms with E-state index in [1.165, 1.54) is 53.2 Å². The number of rotatable bonds is 6. The second-order valence-corrected chi connectivity index (χ2v) is 9.92. The monoisotopic (exact) mass is 499 g/mol. The highest BCUT2D eigenvalue weighted by molar-refractivity contribution is 8.27. The van der Waals surface area contributed by atoms with Gasteiger partial charge in [0.05, 0.1) is 10.5 Å². The molecule has 0 spiro atoms. The Bertz CT molecular complexity index is 1430. The Morgan fingerprint density at radius 3 is 2.56 bits per heavy atom. The number of benzene rings is 2. The Morgan fingerprint density at radius 1 is 1.18 bits per heavy atom. The number of hydrogen-bond donors (Lipinski definition) is 1. The number of hydrogen-bond acceptors (Lipinski definition) is 9. The number of nitro benzene ring substituents is 1. The maximum Gasteiger partial charge on any atom is 0.346 e. The van der Waals surface area contributed by atoms with Crippen LogP contribution in [0.2, 0.25) is 0 Å². The predicted octanol–water partition coefficient (Wildman–Crippen LogP) is 3.64. The molecule has 2 aromatic rings. The fraction of sp³-hybridized carbons (Fsp3) is 0.143. The van der Waals surface area contributed by atoms with Crippen molar-refractivity contribution in [1.29, 1.82) is 5.41 Å². The van der Waals surface area contributed by atoms with Crippen LogP contribution in [0.1, 0.15) is 19.4 Å². The molecule has 13 heteroatoms. The van der Waals surface area contributed by atoms with Crippen LogP contribution in [0.3, 0.4) is 0 Å². The lowest BCUT2D eigenvalue weighted by Crippen LogP contribution is -2.35. The van der Waals surface area contributed by atoms with Gasteiger partial charge < -0.3 is 4.18 Å². The molecule has 0 aromatic heterocycles. The quantitative estimate of drug-likeness (QED) is 0.273. The van der Waals surface area contributed by atoms with Crippen molar-refractivity contribution in [2.45, 2.75) is 18.7 Å². The van der Waals surface area contributed by atoms with E-state index in [0.29, 0.717) is 5.04 Å². The largest absolute Gasteiger partial charge is 0.378 e.